The van der Waals surface area contributed by atoms with Crippen molar-refractivity contribution in [1.29, 1.82) is 0 Å². The van der Waals surface area contributed by atoms with E-state index in [0.29, 0.717) is 0 Å². The predicted molar refractivity (Wildman–Crippen MR) is 54.1 cm³/mol. The van der Waals surface area contributed by atoms with E-state index < -0.39 is 0 Å². The molecular weight excluding hydrogens is 148 g/mol. The van der Waals surface area contributed by atoms with Crippen LogP contribution in [0, 0.1) is 5.41 Å². The first kappa shape index (κ1) is 11.4. The molecular formula is C11H20O. The van der Waals surface area contributed by atoms with Gasteiger partial charge in [-0.05, 0) is 26.7 Å². The Hall–Kier alpha value is -0.560. The zero-order chi connectivity index (χ0) is 9.61. The smallest absolute Gasteiger partial charge is 0.0519 e. The van der Waals surface area contributed by atoms with Gasteiger partial charge in [0.15, 0.2) is 0 Å². The van der Waals surface area contributed by atoms with E-state index in [1.165, 1.54) is 5.57 Å². The van der Waals surface area contributed by atoms with Gasteiger partial charge in [-0.1, -0.05) is 24.6 Å². The Kier molecular flexibility index (Phi) is 4.91. The second kappa shape index (κ2) is 5.15. The molecule has 0 aliphatic carbocycles. The molecule has 0 saturated heterocycles. The normalized spacial score (nSPS) is 15.0. The van der Waals surface area contributed by atoms with Gasteiger partial charge in [0.1, 0.15) is 0 Å². The standard InChI is InChI=1S/C11H20O/c1-5-11(4,9-12)8-6-7-10(2)3/h5,7,12H,1,6,8-9H2,2-4H3/t11-/m0/s1. The maximum Gasteiger partial charge on any atom is 0.0519 e. The fourth-order valence-electron chi connectivity index (χ4n) is 0.936. The summed E-state index contributed by atoms with van der Waals surface area (Å²) in [5.74, 6) is 0. The maximum absolute atomic E-state index is 9.06. The zero-order valence-corrected chi connectivity index (χ0v) is 8.43. The van der Waals surface area contributed by atoms with Crippen LogP contribution < -0.4 is 0 Å². The Labute approximate surface area is 75.8 Å². The molecule has 12 heavy (non-hydrogen) atoms. The third-order valence-electron chi connectivity index (χ3n) is 2.12. The number of hydrogen-bond donors (Lipinski definition) is 1. The molecule has 1 heteroatoms. The molecule has 0 radical (unpaired) electrons. The van der Waals surface area contributed by atoms with Crippen LogP contribution in [0.5, 0.6) is 0 Å². The largest absolute Gasteiger partial charge is 0.395 e. The van der Waals surface area contributed by atoms with Gasteiger partial charge in [-0.25, -0.2) is 0 Å². The minimum atomic E-state index is -0.105. The third-order valence-corrected chi connectivity index (χ3v) is 2.12. The lowest BCUT2D eigenvalue weighted by Crippen LogP contribution is -2.17. The lowest BCUT2D eigenvalue weighted by atomic mass is 9.86. The number of rotatable bonds is 5. The van der Waals surface area contributed by atoms with Crippen molar-refractivity contribution in [2.45, 2.75) is 33.6 Å². The monoisotopic (exact) mass is 168 g/mol. The first-order valence-electron chi connectivity index (χ1n) is 4.42. The van der Waals surface area contributed by atoms with Crippen LogP contribution in [0.25, 0.3) is 0 Å². The van der Waals surface area contributed by atoms with E-state index in [1.54, 1.807) is 0 Å². The van der Waals surface area contributed by atoms with Gasteiger partial charge in [-0.2, -0.15) is 0 Å². The summed E-state index contributed by atoms with van der Waals surface area (Å²) in [6, 6.07) is 0. The van der Waals surface area contributed by atoms with Gasteiger partial charge in [0.2, 0.25) is 0 Å². The summed E-state index contributed by atoms with van der Waals surface area (Å²) >= 11 is 0. The highest BCUT2D eigenvalue weighted by Gasteiger charge is 2.17. The van der Waals surface area contributed by atoms with Crippen LogP contribution in [0.4, 0.5) is 0 Å². The molecule has 1 nitrogen and oxygen atoms in total. The molecule has 1 atom stereocenters. The molecule has 0 bridgehead atoms. The van der Waals surface area contributed by atoms with Gasteiger partial charge in [-0.15, -0.1) is 6.58 Å². The van der Waals surface area contributed by atoms with Gasteiger partial charge in [0, 0.05) is 5.41 Å². The topological polar surface area (TPSA) is 20.2 Å². The molecule has 0 saturated carbocycles. The van der Waals surface area contributed by atoms with Crippen LogP contribution in [-0.4, -0.2) is 11.7 Å². The lowest BCUT2D eigenvalue weighted by molar-refractivity contribution is 0.176. The Morgan fingerprint density at radius 1 is 1.50 bits per heavy atom. The van der Waals surface area contributed by atoms with E-state index in [1.807, 2.05) is 13.0 Å². The first-order chi connectivity index (χ1) is 5.54. The van der Waals surface area contributed by atoms with Crippen LogP contribution in [0.15, 0.2) is 24.3 Å². The van der Waals surface area contributed by atoms with E-state index in [2.05, 4.69) is 26.5 Å². The minimum absolute atomic E-state index is 0.105. The minimum Gasteiger partial charge on any atom is -0.395 e. The quantitative estimate of drug-likeness (QED) is 0.626. The van der Waals surface area contributed by atoms with E-state index in [9.17, 15) is 0 Å². The van der Waals surface area contributed by atoms with Crippen molar-refractivity contribution in [2.75, 3.05) is 6.61 Å². The number of aliphatic hydroxyl groups is 1. The van der Waals surface area contributed by atoms with E-state index >= 15 is 0 Å². The SMILES string of the molecule is C=C[C@](C)(CO)CCC=C(C)C. The molecule has 0 aliphatic heterocycles. The molecule has 0 rings (SSSR count). The number of allylic oxidation sites excluding steroid dienone is 2. The average Bonchev–Trinajstić information content (AvgIpc) is 2.03. The first-order valence-corrected chi connectivity index (χ1v) is 4.42. The Balaban J connectivity index is 3.89. The fourth-order valence-corrected chi connectivity index (χ4v) is 0.936. The summed E-state index contributed by atoms with van der Waals surface area (Å²) in [5.41, 5.74) is 1.23. The molecule has 70 valence electrons. The molecule has 0 aliphatic rings. The summed E-state index contributed by atoms with van der Waals surface area (Å²) in [4.78, 5) is 0. The maximum atomic E-state index is 9.06. The molecule has 0 fully saturated rings. The molecule has 0 amide bonds. The van der Waals surface area contributed by atoms with Crippen LogP contribution in [-0.2, 0) is 0 Å². The van der Waals surface area contributed by atoms with Gasteiger partial charge < -0.3 is 5.11 Å². The highest BCUT2D eigenvalue weighted by atomic mass is 16.3. The van der Waals surface area contributed by atoms with Crippen molar-refractivity contribution < 1.29 is 5.11 Å². The van der Waals surface area contributed by atoms with E-state index in [-0.39, 0.29) is 12.0 Å². The number of hydrogen-bond acceptors (Lipinski definition) is 1. The zero-order valence-electron chi connectivity index (χ0n) is 8.43. The summed E-state index contributed by atoms with van der Waals surface area (Å²) in [7, 11) is 0. The molecule has 0 unspecified atom stereocenters. The second-order valence-electron chi connectivity index (χ2n) is 3.84. The molecule has 1 N–H and O–H groups in total. The van der Waals surface area contributed by atoms with Crippen LogP contribution >= 0.6 is 0 Å². The van der Waals surface area contributed by atoms with Crippen molar-refractivity contribution in [2.24, 2.45) is 5.41 Å². The van der Waals surface area contributed by atoms with Crippen molar-refractivity contribution in [3.63, 3.8) is 0 Å². The summed E-state index contributed by atoms with van der Waals surface area (Å²) in [6.07, 6.45) is 6.02. The second-order valence-corrected chi connectivity index (χ2v) is 3.84. The average molecular weight is 168 g/mol. The van der Waals surface area contributed by atoms with Crippen molar-refractivity contribution in [1.82, 2.24) is 0 Å². The van der Waals surface area contributed by atoms with Crippen LogP contribution in [0.2, 0.25) is 0 Å². The molecule has 0 aromatic rings. The summed E-state index contributed by atoms with van der Waals surface area (Å²) < 4.78 is 0. The van der Waals surface area contributed by atoms with Gasteiger partial charge in [-0.3, -0.25) is 0 Å². The molecule has 0 heterocycles. The van der Waals surface area contributed by atoms with Gasteiger partial charge in [0.05, 0.1) is 6.61 Å². The number of aliphatic hydroxyl groups excluding tert-OH is 1. The fraction of sp³-hybridized carbons (Fsp3) is 0.636. The van der Waals surface area contributed by atoms with Crippen molar-refractivity contribution in [3.8, 4) is 0 Å². The van der Waals surface area contributed by atoms with E-state index in [4.69, 9.17) is 5.11 Å². The van der Waals surface area contributed by atoms with Gasteiger partial charge in [0.25, 0.3) is 0 Å². The Morgan fingerprint density at radius 3 is 2.42 bits per heavy atom. The van der Waals surface area contributed by atoms with Crippen LogP contribution in [0.3, 0.4) is 0 Å². The molecule has 0 spiro atoms. The van der Waals surface area contributed by atoms with Crippen molar-refractivity contribution in [3.05, 3.63) is 24.3 Å². The highest BCUT2D eigenvalue weighted by molar-refractivity contribution is 4.97. The van der Waals surface area contributed by atoms with Gasteiger partial charge >= 0.3 is 0 Å². The Bertz CT molecular complexity index is 166. The molecule has 0 aromatic carbocycles. The third kappa shape index (κ3) is 4.35. The highest BCUT2D eigenvalue weighted by Crippen LogP contribution is 2.23. The summed E-state index contributed by atoms with van der Waals surface area (Å²) in [5, 5.41) is 9.06. The predicted octanol–water partition coefficient (Wildman–Crippen LogP) is 2.92. The van der Waals surface area contributed by atoms with Crippen LogP contribution in [0.1, 0.15) is 33.6 Å². The molecule has 0 aromatic heterocycles. The Morgan fingerprint density at radius 2 is 2.08 bits per heavy atom. The van der Waals surface area contributed by atoms with E-state index in [0.717, 1.165) is 12.8 Å². The lowest BCUT2D eigenvalue weighted by Gasteiger charge is -2.21. The van der Waals surface area contributed by atoms with Crippen molar-refractivity contribution >= 4 is 0 Å². The summed E-state index contributed by atoms with van der Waals surface area (Å²) in [6.45, 7) is 10.1.